The van der Waals surface area contributed by atoms with E-state index in [-0.39, 0.29) is 0 Å². The van der Waals surface area contributed by atoms with Crippen molar-refractivity contribution in [1.29, 1.82) is 0 Å². The molecule has 90 valence electrons. The van der Waals surface area contributed by atoms with Crippen molar-refractivity contribution in [1.82, 2.24) is 25.2 Å². The number of pyridine rings is 1. The zero-order chi connectivity index (χ0) is 12.1. The Balaban J connectivity index is 1.88. The molecule has 0 N–H and O–H groups in total. The van der Waals surface area contributed by atoms with Gasteiger partial charge in [0.2, 0.25) is 5.16 Å². The summed E-state index contributed by atoms with van der Waals surface area (Å²) in [6.07, 6.45) is 2.74. The van der Waals surface area contributed by atoms with Gasteiger partial charge in [-0.25, -0.2) is 4.68 Å². The topological polar surface area (TPSA) is 56.5 Å². The fourth-order valence-electron chi connectivity index (χ4n) is 1.40. The van der Waals surface area contributed by atoms with Gasteiger partial charge in [0, 0.05) is 17.6 Å². The molecule has 0 aliphatic rings. The van der Waals surface area contributed by atoms with E-state index < -0.39 is 0 Å². The van der Waals surface area contributed by atoms with Crippen LogP contribution in [0.5, 0.6) is 0 Å². The highest BCUT2D eigenvalue weighted by Gasteiger charge is 2.09. The Labute approximate surface area is 105 Å². The van der Waals surface area contributed by atoms with Crippen LogP contribution in [-0.4, -0.2) is 30.9 Å². The van der Waals surface area contributed by atoms with Gasteiger partial charge in [-0.2, -0.15) is 0 Å². The SMILES string of the molecule is CC(C)n1nnnc1SCCc1ccccn1. The molecule has 0 unspecified atom stereocenters. The van der Waals surface area contributed by atoms with Crippen molar-refractivity contribution in [3.8, 4) is 0 Å². The molecule has 6 heteroatoms. The third-order valence-corrected chi connectivity index (χ3v) is 3.20. The summed E-state index contributed by atoms with van der Waals surface area (Å²) >= 11 is 1.66. The molecule has 0 aliphatic heterocycles. The van der Waals surface area contributed by atoms with Gasteiger partial charge in [-0.15, -0.1) is 5.10 Å². The molecule has 0 fully saturated rings. The van der Waals surface area contributed by atoms with E-state index in [4.69, 9.17) is 0 Å². The van der Waals surface area contributed by atoms with Gasteiger partial charge in [0.25, 0.3) is 0 Å². The van der Waals surface area contributed by atoms with Gasteiger partial charge in [0.05, 0.1) is 6.04 Å². The maximum absolute atomic E-state index is 4.28. The van der Waals surface area contributed by atoms with Crippen molar-refractivity contribution in [2.45, 2.75) is 31.5 Å². The minimum Gasteiger partial charge on any atom is -0.261 e. The van der Waals surface area contributed by atoms with Crippen LogP contribution in [0.3, 0.4) is 0 Å². The first-order chi connectivity index (χ1) is 8.27. The van der Waals surface area contributed by atoms with Crippen LogP contribution < -0.4 is 0 Å². The van der Waals surface area contributed by atoms with Crippen molar-refractivity contribution in [3.05, 3.63) is 30.1 Å². The molecule has 0 bridgehead atoms. The number of tetrazole rings is 1. The van der Waals surface area contributed by atoms with E-state index in [1.165, 1.54) is 0 Å². The van der Waals surface area contributed by atoms with Crippen LogP contribution in [-0.2, 0) is 6.42 Å². The molecule has 17 heavy (non-hydrogen) atoms. The van der Waals surface area contributed by atoms with E-state index in [1.807, 2.05) is 29.1 Å². The van der Waals surface area contributed by atoms with Gasteiger partial charge >= 0.3 is 0 Å². The molecule has 0 spiro atoms. The molecule has 5 nitrogen and oxygen atoms in total. The smallest absolute Gasteiger partial charge is 0.209 e. The molecule has 2 heterocycles. The maximum atomic E-state index is 4.28. The second kappa shape index (κ2) is 5.77. The molecule has 0 saturated heterocycles. The third kappa shape index (κ3) is 3.26. The van der Waals surface area contributed by atoms with Gasteiger partial charge in [0.1, 0.15) is 0 Å². The lowest BCUT2D eigenvalue weighted by Crippen LogP contribution is -2.05. The number of thioether (sulfide) groups is 1. The van der Waals surface area contributed by atoms with Crippen molar-refractivity contribution >= 4 is 11.8 Å². The molecule has 0 radical (unpaired) electrons. The fourth-order valence-corrected chi connectivity index (χ4v) is 2.37. The summed E-state index contributed by atoms with van der Waals surface area (Å²) in [4.78, 5) is 4.28. The number of aryl methyl sites for hydroxylation is 1. The molecule has 0 saturated carbocycles. The third-order valence-electron chi connectivity index (χ3n) is 2.27. The van der Waals surface area contributed by atoms with Gasteiger partial charge < -0.3 is 0 Å². The summed E-state index contributed by atoms with van der Waals surface area (Å²) < 4.78 is 1.84. The molecular weight excluding hydrogens is 234 g/mol. The Bertz CT molecular complexity index is 454. The Morgan fingerprint density at radius 1 is 1.35 bits per heavy atom. The monoisotopic (exact) mass is 249 g/mol. The molecule has 0 amide bonds. The van der Waals surface area contributed by atoms with E-state index >= 15 is 0 Å². The summed E-state index contributed by atoms with van der Waals surface area (Å²) in [5.41, 5.74) is 1.10. The maximum Gasteiger partial charge on any atom is 0.209 e. The Hall–Kier alpha value is -1.43. The number of hydrogen-bond donors (Lipinski definition) is 0. The zero-order valence-corrected chi connectivity index (χ0v) is 10.8. The standard InChI is InChI=1S/C11H15N5S/c1-9(2)16-11(13-14-15-16)17-8-6-10-5-3-4-7-12-10/h3-5,7,9H,6,8H2,1-2H3. The van der Waals surface area contributed by atoms with Crippen molar-refractivity contribution in [2.75, 3.05) is 5.75 Å². The fraction of sp³-hybridized carbons (Fsp3) is 0.455. The summed E-state index contributed by atoms with van der Waals surface area (Å²) in [5.74, 6) is 0.935. The molecular formula is C11H15N5S. The van der Waals surface area contributed by atoms with Gasteiger partial charge in [0.15, 0.2) is 0 Å². The first kappa shape index (κ1) is 12.0. The van der Waals surface area contributed by atoms with E-state index in [9.17, 15) is 0 Å². The summed E-state index contributed by atoms with van der Waals surface area (Å²) in [6, 6.07) is 6.26. The van der Waals surface area contributed by atoms with Crippen LogP contribution in [0.15, 0.2) is 29.6 Å². The van der Waals surface area contributed by atoms with Gasteiger partial charge in [-0.3, -0.25) is 4.98 Å². The normalized spacial score (nSPS) is 11.0. The van der Waals surface area contributed by atoms with Gasteiger partial charge in [-0.05, 0) is 42.8 Å². The number of aromatic nitrogens is 5. The predicted octanol–water partition coefficient (Wildman–Crippen LogP) is 1.98. The first-order valence-corrected chi connectivity index (χ1v) is 6.56. The molecule has 2 rings (SSSR count). The Morgan fingerprint density at radius 2 is 2.24 bits per heavy atom. The lowest BCUT2D eigenvalue weighted by atomic mass is 10.3. The largest absolute Gasteiger partial charge is 0.261 e. The van der Waals surface area contributed by atoms with Crippen LogP contribution in [0.2, 0.25) is 0 Å². The van der Waals surface area contributed by atoms with E-state index in [1.54, 1.807) is 11.8 Å². The second-order valence-electron chi connectivity index (χ2n) is 3.92. The molecule has 0 aromatic carbocycles. The molecule has 2 aromatic heterocycles. The number of rotatable bonds is 5. The molecule has 2 aromatic rings. The summed E-state index contributed by atoms with van der Waals surface area (Å²) in [6.45, 7) is 4.14. The van der Waals surface area contributed by atoms with Crippen LogP contribution in [0.4, 0.5) is 0 Å². The van der Waals surface area contributed by atoms with Crippen molar-refractivity contribution < 1.29 is 0 Å². The predicted molar refractivity (Wildman–Crippen MR) is 66.9 cm³/mol. The van der Waals surface area contributed by atoms with E-state index in [0.717, 1.165) is 23.0 Å². The van der Waals surface area contributed by atoms with Crippen molar-refractivity contribution in [3.63, 3.8) is 0 Å². The van der Waals surface area contributed by atoms with Gasteiger partial charge in [-0.1, -0.05) is 17.8 Å². The van der Waals surface area contributed by atoms with Crippen LogP contribution in [0.25, 0.3) is 0 Å². The average molecular weight is 249 g/mol. The highest BCUT2D eigenvalue weighted by molar-refractivity contribution is 7.99. The quantitative estimate of drug-likeness (QED) is 0.758. The lowest BCUT2D eigenvalue weighted by Gasteiger charge is -2.06. The average Bonchev–Trinajstić information content (AvgIpc) is 2.79. The molecule has 0 aliphatic carbocycles. The second-order valence-corrected chi connectivity index (χ2v) is 4.98. The highest BCUT2D eigenvalue weighted by atomic mass is 32.2. The van der Waals surface area contributed by atoms with E-state index in [2.05, 4.69) is 34.4 Å². The summed E-state index contributed by atoms with van der Waals surface area (Å²) in [5, 5.41) is 12.5. The zero-order valence-electron chi connectivity index (χ0n) is 9.95. The van der Waals surface area contributed by atoms with Crippen LogP contribution in [0, 0.1) is 0 Å². The lowest BCUT2D eigenvalue weighted by molar-refractivity contribution is 0.477. The minimum atomic E-state index is 0.294. The summed E-state index contributed by atoms with van der Waals surface area (Å²) in [7, 11) is 0. The highest BCUT2D eigenvalue weighted by Crippen LogP contribution is 2.18. The number of nitrogens with zero attached hydrogens (tertiary/aromatic N) is 5. The number of hydrogen-bond acceptors (Lipinski definition) is 5. The van der Waals surface area contributed by atoms with E-state index in [0.29, 0.717) is 6.04 Å². The Morgan fingerprint density at radius 3 is 2.94 bits per heavy atom. The molecule has 0 atom stereocenters. The van der Waals surface area contributed by atoms with Crippen LogP contribution >= 0.6 is 11.8 Å². The van der Waals surface area contributed by atoms with Crippen LogP contribution in [0.1, 0.15) is 25.6 Å². The van der Waals surface area contributed by atoms with Crippen molar-refractivity contribution in [2.24, 2.45) is 0 Å². The first-order valence-electron chi connectivity index (χ1n) is 5.58. The Kier molecular flexibility index (Phi) is 4.08. The minimum absolute atomic E-state index is 0.294.